The summed E-state index contributed by atoms with van der Waals surface area (Å²) in [6.45, 7) is 5.90. The van der Waals surface area contributed by atoms with Gasteiger partial charge >= 0.3 is 0 Å². The Balaban J connectivity index is 2.24. The molecule has 2 aromatic rings. The van der Waals surface area contributed by atoms with Crippen LogP contribution in [0.1, 0.15) is 26.5 Å². The van der Waals surface area contributed by atoms with E-state index in [0.29, 0.717) is 5.69 Å². The molecule has 0 atom stereocenters. The van der Waals surface area contributed by atoms with Gasteiger partial charge in [-0.05, 0) is 49.5 Å². The van der Waals surface area contributed by atoms with Crippen LogP contribution in [0, 0.1) is 20.8 Å². The first-order chi connectivity index (χ1) is 8.08. The summed E-state index contributed by atoms with van der Waals surface area (Å²) in [5, 5.41) is 2.91. The summed E-state index contributed by atoms with van der Waals surface area (Å²) in [6, 6.07) is 7.74. The molecular weight excluding hydrogens is 232 g/mol. The number of aryl methyl sites for hydroxylation is 3. The molecule has 3 nitrogen and oxygen atoms in total. The number of carbonyl (C=O) groups excluding carboxylic acids is 1. The quantitative estimate of drug-likeness (QED) is 0.883. The standard InChI is InChI=1S/C13H14N2OS/c1-8-5-4-6-9(2)12(8)14-13(16)11-7-10(3)17-15-11/h4-7H,1-3H3,(H,14,16). The van der Waals surface area contributed by atoms with Crippen molar-refractivity contribution in [2.75, 3.05) is 5.32 Å². The maximum Gasteiger partial charge on any atom is 0.275 e. The number of anilines is 1. The maximum absolute atomic E-state index is 12.0. The number of carbonyl (C=O) groups is 1. The molecular formula is C13H14N2OS. The van der Waals surface area contributed by atoms with Gasteiger partial charge in [-0.3, -0.25) is 4.79 Å². The normalized spacial score (nSPS) is 10.3. The van der Waals surface area contributed by atoms with Gasteiger partial charge < -0.3 is 5.32 Å². The maximum atomic E-state index is 12.0. The zero-order valence-corrected chi connectivity index (χ0v) is 10.9. The van der Waals surface area contributed by atoms with Crippen LogP contribution in [0.3, 0.4) is 0 Å². The summed E-state index contributed by atoms with van der Waals surface area (Å²) >= 11 is 1.34. The lowest BCUT2D eigenvalue weighted by atomic mass is 10.1. The zero-order valence-electron chi connectivity index (χ0n) is 10.1. The summed E-state index contributed by atoms with van der Waals surface area (Å²) in [5.41, 5.74) is 3.48. The van der Waals surface area contributed by atoms with Gasteiger partial charge in [-0.1, -0.05) is 18.2 Å². The molecule has 0 fully saturated rings. The topological polar surface area (TPSA) is 42.0 Å². The molecule has 4 heteroatoms. The van der Waals surface area contributed by atoms with Crippen molar-refractivity contribution in [2.24, 2.45) is 0 Å². The van der Waals surface area contributed by atoms with Gasteiger partial charge in [0.05, 0.1) is 0 Å². The van der Waals surface area contributed by atoms with E-state index in [4.69, 9.17) is 0 Å². The number of benzene rings is 1. The first-order valence-electron chi connectivity index (χ1n) is 5.39. The minimum absolute atomic E-state index is 0.147. The van der Waals surface area contributed by atoms with Gasteiger partial charge in [-0.25, -0.2) is 0 Å². The molecule has 2 rings (SSSR count). The Hall–Kier alpha value is -1.68. The van der Waals surface area contributed by atoms with Crippen molar-refractivity contribution in [1.82, 2.24) is 4.37 Å². The lowest BCUT2D eigenvalue weighted by Gasteiger charge is -2.10. The monoisotopic (exact) mass is 246 g/mol. The number of aromatic nitrogens is 1. The summed E-state index contributed by atoms with van der Waals surface area (Å²) < 4.78 is 4.10. The molecule has 1 aromatic carbocycles. The Bertz CT molecular complexity index is 540. The Labute approximate surface area is 105 Å². The molecule has 0 bridgehead atoms. The van der Waals surface area contributed by atoms with E-state index >= 15 is 0 Å². The average Bonchev–Trinajstić information content (AvgIpc) is 2.70. The molecule has 0 aliphatic carbocycles. The van der Waals surface area contributed by atoms with Crippen LogP contribution in [0.4, 0.5) is 5.69 Å². The lowest BCUT2D eigenvalue weighted by Crippen LogP contribution is -2.13. The highest BCUT2D eigenvalue weighted by molar-refractivity contribution is 7.05. The summed E-state index contributed by atoms with van der Waals surface area (Å²) in [7, 11) is 0. The van der Waals surface area contributed by atoms with Crippen LogP contribution in [0.15, 0.2) is 24.3 Å². The van der Waals surface area contributed by atoms with Crippen LogP contribution in [0.2, 0.25) is 0 Å². The molecule has 0 aliphatic heterocycles. The van der Waals surface area contributed by atoms with Crippen molar-refractivity contribution in [3.05, 3.63) is 46.0 Å². The van der Waals surface area contributed by atoms with Crippen LogP contribution in [0.25, 0.3) is 0 Å². The molecule has 0 saturated heterocycles. The molecule has 1 N–H and O–H groups in total. The van der Waals surface area contributed by atoms with E-state index in [2.05, 4.69) is 9.69 Å². The van der Waals surface area contributed by atoms with Gasteiger partial charge in [-0.2, -0.15) is 4.37 Å². The van der Waals surface area contributed by atoms with E-state index in [0.717, 1.165) is 21.7 Å². The Morgan fingerprint density at radius 1 is 1.24 bits per heavy atom. The van der Waals surface area contributed by atoms with Crippen molar-refractivity contribution in [3.63, 3.8) is 0 Å². The van der Waals surface area contributed by atoms with E-state index in [-0.39, 0.29) is 5.91 Å². The number of amides is 1. The average molecular weight is 246 g/mol. The minimum atomic E-state index is -0.147. The van der Waals surface area contributed by atoms with Crippen LogP contribution in [0.5, 0.6) is 0 Å². The predicted molar refractivity (Wildman–Crippen MR) is 70.7 cm³/mol. The molecule has 88 valence electrons. The largest absolute Gasteiger partial charge is 0.320 e. The second kappa shape index (κ2) is 4.67. The van der Waals surface area contributed by atoms with Gasteiger partial charge in [0, 0.05) is 10.6 Å². The third kappa shape index (κ3) is 2.53. The fraction of sp³-hybridized carbons (Fsp3) is 0.231. The SMILES string of the molecule is Cc1cc(C(=O)Nc2c(C)cccc2C)ns1. The van der Waals surface area contributed by atoms with Crippen LogP contribution >= 0.6 is 11.5 Å². The second-order valence-corrected chi connectivity index (χ2v) is 5.05. The predicted octanol–water partition coefficient (Wildman–Crippen LogP) is 3.32. The second-order valence-electron chi connectivity index (χ2n) is 4.04. The van der Waals surface area contributed by atoms with Crippen LogP contribution < -0.4 is 5.32 Å². The highest BCUT2D eigenvalue weighted by Crippen LogP contribution is 2.20. The molecule has 1 aromatic heterocycles. The lowest BCUT2D eigenvalue weighted by molar-refractivity contribution is 0.102. The fourth-order valence-corrected chi connectivity index (χ4v) is 2.20. The van der Waals surface area contributed by atoms with Crippen molar-refractivity contribution in [2.45, 2.75) is 20.8 Å². The van der Waals surface area contributed by atoms with E-state index < -0.39 is 0 Å². The Morgan fingerprint density at radius 3 is 2.41 bits per heavy atom. The molecule has 1 amide bonds. The molecule has 0 unspecified atom stereocenters. The molecule has 17 heavy (non-hydrogen) atoms. The smallest absolute Gasteiger partial charge is 0.275 e. The zero-order chi connectivity index (χ0) is 12.4. The molecule has 0 aliphatic rings. The number of nitrogens with zero attached hydrogens (tertiary/aromatic N) is 1. The summed E-state index contributed by atoms with van der Waals surface area (Å²) in [4.78, 5) is 13.0. The third-order valence-corrected chi connectivity index (χ3v) is 3.27. The van der Waals surface area contributed by atoms with E-state index in [9.17, 15) is 4.79 Å². The van der Waals surface area contributed by atoms with Gasteiger partial charge in [0.25, 0.3) is 5.91 Å². The fourth-order valence-electron chi connectivity index (χ4n) is 1.66. The third-order valence-electron chi connectivity index (χ3n) is 2.58. The number of rotatable bonds is 2. The number of hydrogen-bond donors (Lipinski definition) is 1. The van der Waals surface area contributed by atoms with E-state index in [1.165, 1.54) is 11.5 Å². The summed E-state index contributed by atoms with van der Waals surface area (Å²) in [6.07, 6.45) is 0. The first-order valence-corrected chi connectivity index (χ1v) is 6.16. The molecule has 0 spiro atoms. The molecule has 0 saturated carbocycles. The number of nitrogens with one attached hydrogen (secondary N) is 1. The van der Waals surface area contributed by atoms with Gasteiger partial charge in [0.2, 0.25) is 0 Å². The molecule has 1 heterocycles. The van der Waals surface area contributed by atoms with E-state index in [1.54, 1.807) is 6.07 Å². The van der Waals surface area contributed by atoms with Crippen molar-refractivity contribution < 1.29 is 4.79 Å². The van der Waals surface area contributed by atoms with E-state index in [1.807, 2.05) is 39.0 Å². The van der Waals surface area contributed by atoms with Gasteiger partial charge in [-0.15, -0.1) is 0 Å². The summed E-state index contributed by atoms with van der Waals surface area (Å²) in [5.74, 6) is -0.147. The van der Waals surface area contributed by atoms with Crippen molar-refractivity contribution in [3.8, 4) is 0 Å². The van der Waals surface area contributed by atoms with Crippen LogP contribution in [-0.4, -0.2) is 10.3 Å². The Morgan fingerprint density at radius 2 is 1.88 bits per heavy atom. The first kappa shape index (κ1) is 11.8. The highest BCUT2D eigenvalue weighted by atomic mass is 32.1. The number of para-hydroxylation sites is 1. The van der Waals surface area contributed by atoms with Crippen molar-refractivity contribution >= 4 is 23.1 Å². The molecule has 0 radical (unpaired) electrons. The van der Waals surface area contributed by atoms with Crippen LogP contribution in [-0.2, 0) is 0 Å². The van der Waals surface area contributed by atoms with Crippen molar-refractivity contribution in [1.29, 1.82) is 0 Å². The van der Waals surface area contributed by atoms with Gasteiger partial charge in [0.15, 0.2) is 0 Å². The van der Waals surface area contributed by atoms with Gasteiger partial charge in [0.1, 0.15) is 5.69 Å². The Kier molecular flexibility index (Phi) is 3.24. The minimum Gasteiger partial charge on any atom is -0.320 e. The number of hydrogen-bond acceptors (Lipinski definition) is 3. The highest BCUT2D eigenvalue weighted by Gasteiger charge is 2.11.